The van der Waals surface area contributed by atoms with Crippen molar-refractivity contribution in [3.8, 4) is 6.07 Å². The van der Waals surface area contributed by atoms with E-state index in [1.807, 2.05) is 6.20 Å². The number of aromatic nitrogens is 3. The summed E-state index contributed by atoms with van der Waals surface area (Å²) in [6.07, 6.45) is 8.53. The van der Waals surface area contributed by atoms with Gasteiger partial charge in [0.1, 0.15) is 17.7 Å². The van der Waals surface area contributed by atoms with Gasteiger partial charge in [-0.05, 0) is 37.3 Å². The smallest absolute Gasteiger partial charge is 0.146 e. The maximum absolute atomic E-state index is 9.53. The van der Waals surface area contributed by atoms with E-state index in [0.29, 0.717) is 11.8 Å². The molecule has 1 aliphatic heterocycles. The second kappa shape index (κ2) is 6.51. The van der Waals surface area contributed by atoms with E-state index in [2.05, 4.69) is 46.6 Å². The highest BCUT2D eigenvalue weighted by Crippen LogP contribution is 2.31. The second-order valence-corrected chi connectivity index (χ2v) is 7.65. The minimum Gasteiger partial charge on any atom is -0.355 e. The van der Waals surface area contributed by atoms with Crippen LogP contribution >= 0.6 is 0 Å². The first-order chi connectivity index (χ1) is 12.2. The van der Waals surface area contributed by atoms with Crippen molar-refractivity contribution in [3.05, 3.63) is 41.1 Å². The quantitative estimate of drug-likeness (QED) is 0.860. The van der Waals surface area contributed by atoms with Gasteiger partial charge < -0.3 is 9.47 Å². The molecule has 3 heterocycles. The number of rotatable bonds is 4. The highest BCUT2D eigenvalue weighted by Gasteiger charge is 2.31. The highest BCUT2D eigenvalue weighted by atomic mass is 15.3. The number of pyridine rings is 1. The van der Waals surface area contributed by atoms with Crippen LogP contribution in [0.25, 0.3) is 0 Å². The summed E-state index contributed by atoms with van der Waals surface area (Å²) in [7, 11) is 0. The third-order valence-electron chi connectivity index (χ3n) is 5.38. The Morgan fingerprint density at radius 3 is 2.84 bits per heavy atom. The highest BCUT2D eigenvalue weighted by molar-refractivity contribution is 5.58. The Kier molecular flexibility index (Phi) is 4.20. The molecule has 0 amide bonds. The molecule has 2 aromatic rings. The summed E-state index contributed by atoms with van der Waals surface area (Å²) in [5.74, 6) is 3.09. The van der Waals surface area contributed by atoms with Crippen molar-refractivity contribution in [2.75, 3.05) is 18.0 Å². The first-order valence-electron chi connectivity index (χ1n) is 9.34. The van der Waals surface area contributed by atoms with Gasteiger partial charge in [-0.2, -0.15) is 5.26 Å². The summed E-state index contributed by atoms with van der Waals surface area (Å²) in [5, 5.41) is 9.53. The van der Waals surface area contributed by atoms with E-state index in [9.17, 15) is 5.26 Å². The number of hydrogen-bond acceptors (Lipinski definition) is 4. The zero-order chi connectivity index (χ0) is 17.4. The maximum Gasteiger partial charge on any atom is 0.146 e. The van der Waals surface area contributed by atoms with Gasteiger partial charge in [0.25, 0.3) is 0 Å². The molecule has 0 aromatic carbocycles. The van der Waals surface area contributed by atoms with Crippen LogP contribution in [-0.2, 0) is 19.4 Å². The molecular formula is C20H25N5. The van der Waals surface area contributed by atoms with E-state index in [0.717, 1.165) is 49.7 Å². The van der Waals surface area contributed by atoms with Gasteiger partial charge in [0, 0.05) is 49.6 Å². The number of aryl methyl sites for hydroxylation is 2. The molecule has 0 radical (unpaired) electrons. The molecule has 2 aromatic heterocycles. The molecular weight excluding hydrogens is 310 g/mol. The van der Waals surface area contributed by atoms with Crippen LogP contribution in [0.5, 0.6) is 0 Å². The Balaban J connectivity index is 1.47. The number of nitriles is 1. The number of imidazole rings is 1. The molecule has 0 saturated carbocycles. The molecule has 4 rings (SSSR count). The number of nitrogens with zero attached hydrogens (tertiary/aromatic N) is 5. The SMILES string of the molecule is CC(C)c1nccn1CC1CN(c2nc3c(cc2C#N)CCCC3)C1. The van der Waals surface area contributed by atoms with Crippen molar-refractivity contribution in [2.45, 2.75) is 52.0 Å². The summed E-state index contributed by atoms with van der Waals surface area (Å²) < 4.78 is 2.28. The van der Waals surface area contributed by atoms with E-state index in [1.54, 1.807) is 0 Å². The Hall–Kier alpha value is -2.35. The number of fused-ring (bicyclic) bond motifs is 1. The van der Waals surface area contributed by atoms with Crippen LogP contribution in [0.15, 0.2) is 18.5 Å². The van der Waals surface area contributed by atoms with Crippen molar-refractivity contribution < 1.29 is 0 Å². The molecule has 1 saturated heterocycles. The summed E-state index contributed by atoms with van der Waals surface area (Å²) in [5.41, 5.74) is 3.23. The normalized spacial score (nSPS) is 17.3. The lowest BCUT2D eigenvalue weighted by atomic mass is 9.93. The van der Waals surface area contributed by atoms with Gasteiger partial charge in [-0.3, -0.25) is 0 Å². The third-order valence-corrected chi connectivity index (χ3v) is 5.38. The lowest BCUT2D eigenvalue weighted by Crippen LogP contribution is -2.49. The van der Waals surface area contributed by atoms with Crippen LogP contribution < -0.4 is 4.90 Å². The van der Waals surface area contributed by atoms with E-state index in [4.69, 9.17) is 4.98 Å². The first kappa shape index (κ1) is 16.1. The summed E-state index contributed by atoms with van der Waals surface area (Å²) in [4.78, 5) is 11.6. The van der Waals surface area contributed by atoms with Crippen molar-refractivity contribution >= 4 is 5.82 Å². The van der Waals surface area contributed by atoms with Crippen molar-refractivity contribution in [1.29, 1.82) is 5.26 Å². The molecule has 0 unspecified atom stereocenters. The number of anilines is 1. The molecule has 130 valence electrons. The monoisotopic (exact) mass is 335 g/mol. The predicted molar refractivity (Wildman–Crippen MR) is 97.6 cm³/mol. The van der Waals surface area contributed by atoms with Gasteiger partial charge in [-0.1, -0.05) is 13.8 Å². The van der Waals surface area contributed by atoms with Crippen molar-refractivity contribution in [1.82, 2.24) is 14.5 Å². The molecule has 1 fully saturated rings. The fourth-order valence-corrected chi connectivity index (χ4v) is 4.06. The minimum absolute atomic E-state index is 0.443. The molecule has 1 aliphatic carbocycles. The fraction of sp³-hybridized carbons (Fsp3) is 0.550. The molecule has 0 bridgehead atoms. The topological polar surface area (TPSA) is 57.7 Å². The Labute approximate surface area is 149 Å². The van der Waals surface area contributed by atoms with Crippen LogP contribution in [0.3, 0.4) is 0 Å². The van der Waals surface area contributed by atoms with Crippen molar-refractivity contribution in [3.63, 3.8) is 0 Å². The number of hydrogen-bond donors (Lipinski definition) is 0. The van der Waals surface area contributed by atoms with Crippen LogP contribution in [0.2, 0.25) is 0 Å². The van der Waals surface area contributed by atoms with E-state index >= 15 is 0 Å². The average Bonchev–Trinajstić information content (AvgIpc) is 3.05. The zero-order valence-corrected chi connectivity index (χ0v) is 15.1. The van der Waals surface area contributed by atoms with Gasteiger partial charge in [-0.15, -0.1) is 0 Å². The summed E-state index contributed by atoms with van der Waals surface area (Å²) in [6, 6.07) is 4.44. The van der Waals surface area contributed by atoms with Gasteiger partial charge in [0.2, 0.25) is 0 Å². The van der Waals surface area contributed by atoms with Gasteiger partial charge in [0.15, 0.2) is 0 Å². The fourth-order valence-electron chi connectivity index (χ4n) is 4.06. The summed E-state index contributed by atoms with van der Waals surface area (Å²) >= 11 is 0. The lowest BCUT2D eigenvalue weighted by molar-refractivity contribution is 0.348. The van der Waals surface area contributed by atoms with Crippen LogP contribution in [0, 0.1) is 17.2 Å². The second-order valence-electron chi connectivity index (χ2n) is 7.65. The largest absolute Gasteiger partial charge is 0.355 e. The Morgan fingerprint density at radius 2 is 2.08 bits per heavy atom. The first-order valence-corrected chi connectivity index (χ1v) is 9.34. The average molecular weight is 335 g/mol. The van der Waals surface area contributed by atoms with E-state index in [-0.39, 0.29) is 0 Å². The van der Waals surface area contributed by atoms with Gasteiger partial charge in [-0.25, -0.2) is 9.97 Å². The Bertz CT molecular complexity index is 808. The van der Waals surface area contributed by atoms with E-state index < -0.39 is 0 Å². The molecule has 25 heavy (non-hydrogen) atoms. The standard InChI is InChI=1S/C20H25N5/c1-14(2)19-22-7-8-24(19)11-15-12-25(13-15)20-17(10-21)9-16-5-3-4-6-18(16)23-20/h7-9,14-15H,3-6,11-13H2,1-2H3. The molecule has 5 nitrogen and oxygen atoms in total. The van der Waals surface area contributed by atoms with Crippen molar-refractivity contribution in [2.24, 2.45) is 5.92 Å². The molecule has 2 aliphatic rings. The molecule has 0 N–H and O–H groups in total. The molecule has 0 atom stereocenters. The van der Waals surface area contributed by atoms with Crippen LogP contribution in [-0.4, -0.2) is 27.6 Å². The van der Waals surface area contributed by atoms with Crippen LogP contribution in [0.4, 0.5) is 5.82 Å². The van der Waals surface area contributed by atoms with Gasteiger partial charge >= 0.3 is 0 Å². The molecule has 0 spiro atoms. The van der Waals surface area contributed by atoms with Gasteiger partial charge in [0.05, 0.1) is 5.56 Å². The minimum atomic E-state index is 0.443. The van der Waals surface area contributed by atoms with E-state index in [1.165, 1.54) is 24.1 Å². The molecule has 5 heteroatoms. The predicted octanol–water partition coefficient (Wildman–Crippen LogP) is 3.29. The van der Waals surface area contributed by atoms with Crippen LogP contribution in [0.1, 0.15) is 55.3 Å². The third kappa shape index (κ3) is 3.02. The lowest BCUT2D eigenvalue weighted by Gasteiger charge is -2.41. The maximum atomic E-state index is 9.53. The summed E-state index contributed by atoms with van der Waals surface area (Å²) in [6.45, 7) is 7.30. The zero-order valence-electron chi connectivity index (χ0n) is 15.1. The Morgan fingerprint density at radius 1 is 1.28 bits per heavy atom.